The number of hydrogen-bond donors (Lipinski definition) is 4. The Morgan fingerprint density at radius 2 is 1.43 bits per heavy atom. The van der Waals surface area contributed by atoms with Crippen LogP contribution in [0.25, 0.3) is 0 Å². The second kappa shape index (κ2) is 18.8. The van der Waals surface area contributed by atoms with Crippen molar-refractivity contribution in [3.63, 3.8) is 0 Å². The Morgan fingerprint density at radius 1 is 0.872 bits per heavy atom. The molecule has 4 atom stereocenters. The van der Waals surface area contributed by atoms with E-state index < -0.39 is 45.4 Å². The van der Waals surface area contributed by atoms with E-state index in [0.717, 1.165) is 11.1 Å². The second-order valence-electron chi connectivity index (χ2n) is 13.2. The minimum atomic E-state index is -2.68. The standard InChI is InChI=1S/C36H52N4O6S/c1-26(2)21-31(32(41)24-29(15-9-10-16-37)36(45)40-17-19-47(38,46)20-18-40)39-35(44)30(22-27-11-5-3-6-12-27)25-34(43)33(42)23-28-13-7-4-8-14-28/h3-8,11-14,26,29-31,33,38,42H,9-10,15-25,37H2,1-2H3,(H,39,44)/t29-,30-,31+,33+/m0/s1. The van der Waals surface area contributed by atoms with Gasteiger partial charge in [-0.05, 0) is 49.3 Å². The summed E-state index contributed by atoms with van der Waals surface area (Å²) in [7, 11) is -2.68. The highest BCUT2D eigenvalue weighted by Crippen LogP contribution is 2.22. The number of carbonyl (C=O) groups is 4. The van der Waals surface area contributed by atoms with Crippen LogP contribution in [0.4, 0.5) is 0 Å². The first kappa shape index (κ1) is 38.0. The first-order chi connectivity index (χ1) is 22.4. The van der Waals surface area contributed by atoms with Gasteiger partial charge in [-0.3, -0.25) is 24.0 Å². The Kier molecular flexibility index (Phi) is 15.2. The van der Waals surface area contributed by atoms with E-state index in [1.165, 1.54) is 0 Å². The lowest BCUT2D eigenvalue weighted by atomic mass is 9.88. The summed E-state index contributed by atoms with van der Waals surface area (Å²) < 4.78 is 20.0. The van der Waals surface area contributed by atoms with Crippen molar-refractivity contribution in [1.29, 1.82) is 4.78 Å². The van der Waals surface area contributed by atoms with E-state index in [-0.39, 0.29) is 67.9 Å². The van der Waals surface area contributed by atoms with Crippen LogP contribution >= 0.6 is 0 Å². The summed E-state index contributed by atoms with van der Waals surface area (Å²) >= 11 is 0. The molecule has 1 aliphatic rings. The van der Waals surface area contributed by atoms with Crippen LogP contribution in [-0.4, -0.2) is 80.9 Å². The Bertz CT molecular complexity index is 1400. The number of aliphatic hydroxyl groups is 1. The van der Waals surface area contributed by atoms with Crippen LogP contribution < -0.4 is 11.1 Å². The molecule has 0 saturated carbocycles. The zero-order valence-electron chi connectivity index (χ0n) is 27.8. The van der Waals surface area contributed by atoms with Crippen LogP contribution in [0, 0.1) is 22.5 Å². The molecular formula is C36H52N4O6S. The van der Waals surface area contributed by atoms with Crippen LogP contribution in [0.2, 0.25) is 0 Å². The van der Waals surface area contributed by atoms with Crippen molar-refractivity contribution in [2.75, 3.05) is 31.1 Å². The molecule has 1 saturated heterocycles. The number of rotatable bonds is 19. The van der Waals surface area contributed by atoms with Gasteiger partial charge >= 0.3 is 0 Å². The molecule has 10 nitrogen and oxygen atoms in total. The van der Waals surface area contributed by atoms with Crippen molar-refractivity contribution in [2.24, 2.45) is 23.5 Å². The summed E-state index contributed by atoms with van der Waals surface area (Å²) in [6.07, 6.45) is 1.07. The fraction of sp³-hybridized carbons (Fsp3) is 0.556. The molecule has 47 heavy (non-hydrogen) atoms. The molecule has 2 aromatic rings. The third-order valence-corrected chi connectivity index (χ3v) is 10.4. The molecule has 3 rings (SSSR count). The van der Waals surface area contributed by atoms with Gasteiger partial charge in [0.25, 0.3) is 0 Å². The molecule has 0 spiro atoms. The fourth-order valence-electron chi connectivity index (χ4n) is 5.96. The second-order valence-corrected chi connectivity index (χ2v) is 15.6. The molecule has 0 aliphatic carbocycles. The third kappa shape index (κ3) is 13.0. The molecule has 0 radical (unpaired) electrons. The predicted molar refractivity (Wildman–Crippen MR) is 184 cm³/mol. The number of benzene rings is 2. The Morgan fingerprint density at radius 3 is 1.98 bits per heavy atom. The third-order valence-electron chi connectivity index (χ3n) is 8.70. The van der Waals surface area contributed by atoms with Crippen molar-refractivity contribution >= 4 is 33.1 Å². The lowest BCUT2D eigenvalue weighted by Gasteiger charge is -2.32. The van der Waals surface area contributed by atoms with Crippen molar-refractivity contribution < 1.29 is 28.5 Å². The Balaban J connectivity index is 1.77. The number of ketones is 2. The highest BCUT2D eigenvalue weighted by Gasteiger charge is 2.34. The lowest BCUT2D eigenvalue weighted by Crippen LogP contribution is -2.48. The number of Topliss-reactive ketones (excluding diaryl/α,β-unsaturated/α-hetero) is 2. The number of nitrogens with two attached hydrogens (primary N) is 1. The van der Waals surface area contributed by atoms with Gasteiger partial charge in [0.05, 0.1) is 6.04 Å². The van der Waals surface area contributed by atoms with Crippen molar-refractivity contribution in [3.05, 3.63) is 71.8 Å². The summed E-state index contributed by atoms with van der Waals surface area (Å²) in [6.45, 7) is 4.81. The molecule has 258 valence electrons. The van der Waals surface area contributed by atoms with Crippen LogP contribution in [0.15, 0.2) is 60.7 Å². The van der Waals surface area contributed by atoms with Crippen LogP contribution in [0.5, 0.6) is 0 Å². The summed E-state index contributed by atoms with van der Waals surface area (Å²) in [5, 5.41) is 13.7. The number of amides is 2. The van der Waals surface area contributed by atoms with Crippen LogP contribution in [0.3, 0.4) is 0 Å². The molecule has 0 aromatic heterocycles. The fourth-order valence-corrected chi connectivity index (χ4v) is 7.19. The van der Waals surface area contributed by atoms with Gasteiger partial charge in [0.2, 0.25) is 11.8 Å². The highest BCUT2D eigenvalue weighted by atomic mass is 32.2. The molecule has 0 bridgehead atoms. The van der Waals surface area contributed by atoms with E-state index in [2.05, 4.69) is 5.32 Å². The topological polar surface area (TPSA) is 171 Å². The van der Waals surface area contributed by atoms with E-state index in [0.29, 0.717) is 32.2 Å². The van der Waals surface area contributed by atoms with Gasteiger partial charge in [0.15, 0.2) is 11.6 Å². The average molecular weight is 669 g/mol. The first-order valence-corrected chi connectivity index (χ1v) is 18.6. The van der Waals surface area contributed by atoms with E-state index in [1.807, 2.05) is 74.5 Å². The number of hydrogen-bond acceptors (Lipinski definition) is 8. The van der Waals surface area contributed by atoms with E-state index in [4.69, 9.17) is 10.5 Å². The zero-order chi connectivity index (χ0) is 34.4. The van der Waals surface area contributed by atoms with Crippen molar-refractivity contribution in [1.82, 2.24) is 10.2 Å². The molecule has 1 aliphatic heterocycles. The summed E-state index contributed by atoms with van der Waals surface area (Å²) in [5.41, 5.74) is 7.36. The van der Waals surface area contributed by atoms with Gasteiger partial charge in [-0.15, -0.1) is 0 Å². The molecule has 2 amide bonds. The van der Waals surface area contributed by atoms with Gasteiger partial charge in [0, 0.05) is 65.4 Å². The quantitative estimate of drug-likeness (QED) is 0.166. The van der Waals surface area contributed by atoms with Gasteiger partial charge in [-0.25, -0.2) is 4.21 Å². The number of nitrogens with zero attached hydrogens (tertiary/aromatic N) is 1. The molecular weight excluding hydrogens is 616 g/mol. The van der Waals surface area contributed by atoms with Crippen molar-refractivity contribution in [3.8, 4) is 0 Å². The smallest absolute Gasteiger partial charge is 0.226 e. The lowest BCUT2D eigenvalue weighted by molar-refractivity contribution is -0.139. The number of aliphatic hydroxyl groups excluding tert-OH is 1. The molecule has 2 aromatic carbocycles. The summed E-state index contributed by atoms with van der Waals surface area (Å²) in [5.74, 6) is -2.46. The number of nitrogens with one attached hydrogen (secondary N) is 2. The Hall–Kier alpha value is -3.41. The first-order valence-electron chi connectivity index (χ1n) is 16.7. The molecule has 0 unspecified atom stereocenters. The maximum absolute atomic E-state index is 13.9. The summed E-state index contributed by atoms with van der Waals surface area (Å²) in [6, 6.07) is 17.7. The summed E-state index contributed by atoms with van der Waals surface area (Å²) in [4.78, 5) is 56.1. The van der Waals surface area contributed by atoms with Gasteiger partial charge in [-0.2, -0.15) is 0 Å². The number of unbranched alkanes of at least 4 members (excludes halogenated alkanes) is 1. The minimum absolute atomic E-state index is 0.0600. The average Bonchev–Trinajstić information content (AvgIpc) is 3.04. The van der Waals surface area contributed by atoms with Gasteiger partial charge in [-0.1, -0.05) is 80.9 Å². The monoisotopic (exact) mass is 668 g/mol. The highest BCUT2D eigenvalue weighted by molar-refractivity contribution is 7.92. The predicted octanol–water partition coefficient (Wildman–Crippen LogP) is 3.53. The minimum Gasteiger partial charge on any atom is -0.385 e. The normalized spacial score (nSPS) is 17.0. The molecule has 1 heterocycles. The van der Waals surface area contributed by atoms with Crippen LogP contribution in [0.1, 0.15) is 63.5 Å². The SMILES string of the molecule is CC(C)C[C@@H](NC(=O)[C@H](CC(=O)[C@H](O)Cc1ccccc1)Cc1ccccc1)C(=O)C[C@H](CCCCN)C(=O)N1CCS(=N)(=O)CC1. The molecule has 1 fully saturated rings. The Labute approximate surface area is 279 Å². The van der Waals surface area contributed by atoms with E-state index in [1.54, 1.807) is 4.90 Å². The van der Waals surface area contributed by atoms with Gasteiger partial charge < -0.3 is 21.1 Å². The maximum Gasteiger partial charge on any atom is 0.226 e. The van der Waals surface area contributed by atoms with Crippen LogP contribution in [-0.2, 0) is 41.7 Å². The molecule has 11 heteroatoms. The van der Waals surface area contributed by atoms with Crippen molar-refractivity contribution in [2.45, 2.75) is 77.4 Å². The largest absolute Gasteiger partial charge is 0.385 e. The molecule has 5 N–H and O–H groups in total. The van der Waals surface area contributed by atoms with Gasteiger partial charge in [0.1, 0.15) is 6.10 Å². The maximum atomic E-state index is 13.9. The van der Waals surface area contributed by atoms with E-state index in [9.17, 15) is 28.5 Å². The zero-order valence-corrected chi connectivity index (χ0v) is 28.6. The number of carbonyl (C=O) groups excluding carboxylic acids is 4. The van der Waals surface area contributed by atoms with E-state index >= 15 is 0 Å².